The molecule has 0 atom stereocenters. The van der Waals surface area contributed by atoms with Crippen LogP contribution in [0.2, 0.25) is 0 Å². The fourth-order valence-corrected chi connectivity index (χ4v) is 4.68. The molecule has 2 aromatic carbocycles. The van der Waals surface area contributed by atoms with Crippen LogP contribution >= 0.6 is 0 Å². The van der Waals surface area contributed by atoms with Crippen LogP contribution in [0.25, 0.3) is 11.1 Å². The van der Waals surface area contributed by atoms with Crippen molar-refractivity contribution in [3.8, 4) is 11.1 Å². The summed E-state index contributed by atoms with van der Waals surface area (Å²) in [7, 11) is 0. The van der Waals surface area contributed by atoms with Crippen LogP contribution in [-0.2, 0) is 0 Å². The Balaban J connectivity index is 0.00000168. The van der Waals surface area contributed by atoms with Crippen LogP contribution in [0.5, 0.6) is 0 Å². The van der Waals surface area contributed by atoms with E-state index in [1.165, 1.54) is 5.56 Å². The Labute approximate surface area is 171 Å². The summed E-state index contributed by atoms with van der Waals surface area (Å²) in [5.74, 6) is 0.255. The molecule has 6 heteroatoms. The van der Waals surface area contributed by atoms with Crippen molar-refractivity contribution in [2.24, 2.45) is 0 Å². The molecular formula is C20H23IN4O. The number of halogens is 1. The fourth-order valence-electron chi connectivity index (χ4n) is 4.68. The van der Waals surface area contributed by atoms with Crippen molar-refractivity contribution in [3.63, 3.8) is 0 Å². The van der Waals surface area contributed by atoms with Crippen LogP contribution in [-0.4, -0.2) is 71.5 Å². The standard InChI is InChI=1S/C20H23N4O.HI/c25-20(10-24-14-21-11-22(15-24)13-23(12-21)16-24)19-8-6-18(7-9-19)17-4-2-1-3-5-17;/h1-9H,10-16H2;1H/q+1;/p-1. The number of quaternary nitrogens is 1. The molecule has 0 unspecified atom stereocenters. The lowest BCUT2D eigenvalue weighted by Crippen LogP contribution is -3.00. The topological polar surface area (TPSA) is 26.8 Å². The quantitative estimate of drug-likeness (QED) is 0.333. The molecule has 4 aliphatic heterocycles. The lowest BCUT2D eigenvalue weighted by atomic mass is 10.0. The molecule has 4 saturated heterocycles. The number of nitrogens with zero attached hydrogens (tertiary/aromatic N) is 4. The van der Waals surface area contributed by atoms with Crippen LogP contribution in [0.1, 0.15) is 10.4 Å². The summed E-state index contributed by atoms with van der Waals surface area (Å²) in [6.45, 7) is 6.75. The molecule has 0 aliphatic carbocycles. The summed E-state index contributed by atoms with van der Waals surface area (Å²) in [6.07, 6.45) is 0. The molecule has 4 heterocycles. The molecule has 0 aromatic heterocycles. The lowest BCUT2D eigenvalue weighted by molar-refractivity contribution is -0.973. The highest BCUT2D eigenvalue weighted by Crippen LogP contribution is 2.29. The van der Waals surface area contributed by atoms with E-state index in [2.05, 4.69) is 39.0 Å². The number of rotatable bonds is 4. The Bertz CT molecular complexity index is 758. The predicted molar refractivity (Wildman–Crippen MR) is 96.1 cm³/mol. The van der Waals surface area contributed by atoms with E-state index in [1.54, 1.807) is 0 Å². The van der Waals surface area contributed by atoms with Crippen molar-refractivity contribution in [2.45, 2.75) is 0 Å². The van der Waals surface area contributed by atoms with Crippen LogP contribution in [0.3, 0.4) is 0 Å². The molecule has 2 aromatic rings. The number of hydrogen-bond donors (Lipinski definition) is 0. The highest BCUT2D eigenvalue weighted by molar-refractivity contribution is 5.97. The van der Waals surface area contributed by atoms with Crippen LogP contribution < -0.4 is 24.0 Å². The fraction of sp³-hybridized carbons (Fsp3) is 0.350. The van der Waals surface area contributed by atoms with Gasteiger partial charge in [0.2, 0.25) is 5.78 Å². The molecule has 4 fully saturated rings. The average Bonchev–Trinajstić information content (AvgIpc) is 2.61. The minimum Gasteiger partial charge on any atom is -1.00 e. The molecule has 0 spiro atoms. The molecular weight excluding hydrogens is 439 g/mol. The van der Waals surface area contributed by atoms with Gasteiger partial charge >= 0.3 is 0 Å². The first-order valence-corrected chi connectivity index (χ1v) is 8.90. The second-order valence-corrected chi connectivity index (χ2v) is 7.73. The third-order valence-corrected chi connectivity index (χ3v) is 5.49. The zero-order chi connectivity index (χ0) is 16.9. The molecule has 4 aliphatic rings. The number of Topliss-reactive ketones (excluding diaryl/α,β-unsaturated/α-hetero) is 1. The number of hydrogen-bond acceptors (Lipinski definition) is 4. The van der Waals surface area contributed by atoms with Crippen molar-refractivity contribution in [3.05, 3.63) is 60.2 Å². The number of carbonyl (C=O) groups is 1. The first-order chi connectivity index (χ1) is 12.2. The van der Waals surface area contributed by atoms with E-state index in [9.17, 15) is 4.79 Å². The predicted octanol–water partition coefficient (Wildman–Crippen LogP) is -0.951. The summed E-state index contributed by atoms with van der Waals surface area (Å²) in [5.41, 5.74) is 3.17. The largest absolute Gasteiger partial charge is 1.00 e. The van der Waals surface area contributed by atoms with E-state index in [-0.39, 0.29) is 29.8 Å². The monoisotopic (exact) mass is 462 g/mol. The maximum atomic E-state index is 12.9. The third-order valence-electron chi connectivity index (χ3n) is 5.49. The van der Waals surface area contributed by atoms with Gasteiger partial charge in [-0.05, 0) is 11.1 Å². The first kappa shape index (κ1) is 18.1. The molecule has 4 bridgehead atoms. The molecule has 6 rings (SSSR count). The van der Waals surface area contributed by atoms with Crippen LogP contribution in [0.15, 0.2) is 54.6 Å². The molecule has 0 amide bonds. The number of benzene rings is 2. The van der Waals surface area contributed by atoms with Gasteiger partial charge in [0.1, 0.15) is 26.6 Å². The zero-order valence-corrected chi connectivity index (χ0v) is 16.9. The van der Waals surface area contributed by atoms with E-state index in [4.69, 9.17) is 0 Å². The Morgan fingerprint density at radius 2 is 1.27 bits per heavy atom. The van der Waals surface area contributed by atoms with Gasteiger partial charge in [-0.1, -0.05) is 54.6 Å². The van der Waals surface area contributed by atoms with Gasteiger partial charge in [0.15, 0.2) is 0 Å². The van der Waals surface area contributed by atoms with Crippen molar-refractivity contribution >= 4 is 5.78 Å². The Morgan fingerprint density at radius 1 is 0.769 bits per heavy atom. The first-order valence-electron chi connectivity index (χ1n) is 8.90. The second kappa shape index (κ2) is 7.01. The highest BCUT2D eigenvalue weighted by atomic mass is 127. The molecule has 0 N–H and O–H groups in total. The Morgan fingerprint density at radius 3 is 1.81 bits per heavy atom. The van der Waals surface area contributed by atoms with Crippen molar-refractivity contribution in [2.75, 3.05) is 46.6 Å². The summed E-state index contributed by atoms with van der Waals surface area (Å²) in [5, 5.41) is 0. The molecule has 0 saturated carbocycles. The molecule has 5 nitrogen and oxygen atoms in total. The minimum absolute atomic E-state index is 0. The van der Waals surface area contributed by atoms with Gasteiger partial charge in [-0.25, -0.2) is 14.7 Å². The van der Waals surface area contributed by atoms with Gasteiger partial charge in [0, 0.05) is 5.56 Å². The lowest BCUT2D eigenvalue weighted by Gasteiger charge is -2.60. The van der Waals surface area contributed by atoms with E-state index in [0.29, 0.717) is 6.54 Å². The van der Waals surface area contributed by atoms with Gasteiger partial charge in [-0.15, -0.1) is 0 Å². The summed E-state index contributed by atoms with van der Waals surface area (Å²) in [4.78, 5) is 20.2. The minimum atomic E-state index is 0. The van der Waals surface area contributed by atoms with Crippen molar-refractivity contribution in [1.29, 1.82) is 0 Å². The van der Waals surface area contributed by atoms with Gasteiger partial charge in [-0.3, -0.25) is 9.28 Å². The van der Waals surface area contributed by atoms with Gasteiger partial charge in [-0.2, -0.15) is 0 Å². The van der Waals surface area contributed by atoms with Crippen LogP contribution in [0, 0.1) is 0 Å². The highest BCUT2D eigenvalue weighted by Gasteiger charge is 2.49. The summed E-state index contributed by atoms with van der Waals surface area (Å²) in [6, 6.07) is 18.4. The SMILES string of the molecule is O=C(C[N+]12CN3CN(CN(C3)C1)C2)c1ccc(-c2ccccc2)cc1.[I-]. The van der Waals surface area contributed by atoms with Gasteiger partial charge < -0.3 is 24.0 Å². The third kappa shape index (κ3) is 3.32. The smallest absolute Gasteiger partial charge is 0.217 e. The maximum absolute atomic E-state index is 12.9. The van der Waals surface area contributed by atoms with E-state index in [1.807, 2.05) is 30.3 Å². The normalized spacial score (nSPS) is 31.5. The molecule has 136 valence electrons. The Hall–Kier alpha value is -1.32. The van der Waals surface area contributed by atoms with Gasteiger partial charge in [0.05, 0.1) is 20.0 Å². The van der Waals surface area contributed by atoms with E-state index < -0.39 is 0 Å². The molecule has 0 radical (unpaired) electrons. The van der Waals surface area contributed by atoms with Crippen LogP contribution in [0.4, 0.5) is 0 Å². The number of carbonyl (C=O) groups excluding carboxylic acids is 1. The van der Waals surface area contributed by atoms with Crippen molar-refractivity contribution < 1.29 is 33.3 Å². The second-order valence-electron chi connectivity index (χ2n) is 7.73. The van der Waals surface area contributed by atoms with E-state index in [0.717, 1.165) is 55.6 Å². The van der Waals surface area contributed by atoms with Crippen molar-refractivity contribution in [1.82, 2.24) is 14.7 Å². The average molecular weight is 462 g/mol. The van der Waals surface area contributed by atoms with E-state index >= 15 is 0 Å². The Kier molecular flexibility index (Phi) is 4.87. The summed E-state index contributed by atoms with van der Waals surface area (Å²) < 4.78 is 0.860. The number of ketones is 1. The maximum Gasteiger partial charge on any atom is 0.217 e. The zero-order valence-electron chi connectivity index (χ0n) is 14.7. The summed E-state index contributed by atoms with van der Waals surface area (Å²) >= 11 is 0. The van der Waals surface area contributed by atoms with Gasteiger partial charge in [0.25, 0.3) is 0 Å². The molecule has 26 heavy (non-hydrogen) atoms.